The van der Waals surface area contributed by atoms with E-state index < -0.39 is 17.7 Å². The molecule has 0 heterocycles. The zero-order valence-corrected chi connectivity index (χ0v) is 13.0. The summed E-state index contributed by atoms with van der Waals surface area (Å²) in [5.74, 6) is -0.947. The van der Waals surface area contributed by atoms with E-state index >= 15 is 0 Å². The van der Waals surface area contributed by atoms with Crippen LogP contribution in [0, 0.1) is 11.6 Å². The number of nitrogens with one attached hydrogen (secondary N) is 2. The lowest BCUT2D eigenvalue weighted by atomic mass is 10.2. The summed E-state index contributed by atoms with van der Waals surface area (Å²) in [7, 11) is 2.85. The Kier molecular flexibility index (Phi) is 5.23. The van der Waals surface area contributed by atoms with Crippen molar-refractivity contribution >= 4 is 29.0 Å². The molecule has 0 radical (unpaired) electrons. The van der Waals surface area contributed by atoms with Crippen molar-refractivity contribution in [1.82, 2.24) is 0 Å². The summed E-state index contributed by atoms with van der Waals surface area (Å²) in [5, 5.41) is 4.99. The molecule has 0 unspecified atom stereocenters. The second kappa shape index (κ2) is 7.15. The minimum absolute atomic E-state index is 0.164. The molecule has 23 heavy (non-hydrogen) atoms. The maximum atomic E-state index is 13.5. The van der Waals surface area contributed by atoms with Crippen molar-refractivity contribution in [3.8, 4) is 11.5 Å². The first kappa shape index (κ1) is 16.8. The van der Waals surface area contributed by atoms with Crippen LogP contribution in [0.2, 0.25) is 5.02 Å². The number of amides is 2. The molecule has 2 aromatic rings. The third kappa shape index (κ3) is 4.01. The van der Waals surface area contributed by atoms with Gasteiger partial charge in [0.05, 0.1) is 30.6 Å². The fourth-order valence-corrected chi connectivity index (χ4v) is 2.07. The number of anilines is 2. The summed E-state index contributed by atoms with van der Waals surface area (Å²) in [6.07, 6.45) is 0. The summed E-state index contributed by atoms with van der Waals surface area (Å²) >= 11 is 5.99. The molecule has 122 valence electrons. The van der Waals surface area contributed by atoms with Gasteiger partial charge in [0.2, 0.25) is 0 Å². The Morgan fingerprint density at radius 2 is 1.65 bits per heavy atom. The van der Waals surface area contributed by atoms with Crippen molar-refractivity contribution in [1.29, 1.82) is 0 Å². The van der Waals surface area contributed by atoms with Crippen LogP contribution >= 0.6 is 11.6 Å². The second-order valence-corrected chi connectivity index (χ2v) is 4.80. The number of methoxy groups -OCH3 is 2. The summed E-state index contributed by atoms with van der Waals surface area (Å²) in [6, 6.07) is 5.00. The lowest BCUT2D eigenvalue weighted by molar-refractivity contribution is 0.262. The predicted octanol–water partition coefficient (Wildman–Crippen LogP) is 4.28. The molecule has 2 amide bonds. The van der Waals surface area contributed by atoms with Gasteiger partial charge >= 0.3 is 6.03 Å². The molecule has 0 saturated carbocycles. The normalized spacial score (nSPS) is 10.1. The van der Waals surface area contributed by atoms with Gasteiger partial charge in [-0.15, -0.1) is 0 Å². The maximum absolute atomic E-state index is 13.5. The molecule has 2 N–H and O–H groups in total. The third-order valence-electron chi connectivity index (χ3n) is 2.90. The Morgan fingerprint density at radius 3 is 2.26 bits per heavy atom. The van der Waals surface area contributed by atoms with Crippen LogP contribution in [-0.2, 0) is 0 Å². The average molecular weight is 343 g/mol. The molecule has 0 aromatic heterocycles. The molecule has 0 atom stereocenters. The Hall–Kier alpha value is -2.54. The van der Waals surface area contributed by atoms with Crippen molar-refractivity contribution in [3.63, 3.8) is 0 Å². The Labute approximate surface area is 136 Å². The number of carbonyl (C=O) groups is 1. The summed E-state index contributed by atoms with van der Waals surface area (Å²) in [4.78, 5) is 11.9. The molecule has 2 rings (SSSR count). The summed E-state index contributed by atoms with van der Waals surface area (Å²) in [5.41, 5.74) is 0.0980. The van der Waals surface area contributed by atoms with Gasteiger partial charge in [-0.2, -0.15) is 0 Å². The fraction of sp³-hybridized carbons (Fsp3) is 0.133. The standard InChI is InChI=1S/C15H13ClF2N2O3/c1-22-13-7-14(23-2)12(6-9(13)16)20-15(21)19-11-4-3-8(17)5-10(11)18/h3-7H,1-2H3,(H2,19,20,21). The van der Waals surface area contributed by atoms with E-state index in [2.05, 4.69) is 10.6 Å². The number of hydrogen-bond donors (Lipinski definition) is 2. The Bertz CT molecular complexity index is 741. The number of ether oxygens (including phenoxy) is 2. The van der Waals surface area contributed by atoms with Gasteiger partial charge in [-0.25, -0.2) is 13.6 Å². The lowest BCUT2D eigenvalue weighted by Gasteiger charge is -2.14. The van der Waals surface area contributed by atoms with Gasteiger partial charge in [0, 0.05) is 12.1 Å². The Balaban J connectivity index is 2.18. The van der Waals surface area contributed by atoms with Crippen LogP contribution in [0.5, 0.6) is 11.5 Å². The SMILES string of the molecule is COc1cc(OC)c(NC(=O)Nc2ccc(F)cc2F)cc1Cl. The first-order valence-corrected chi connectivity index (χ1v) is 6.77. The van der Waals surface area contributed by atoms with E-state index in [-0.39, 0.29) is 16.4 Å². The van der Waals surface area contributed by atoms with E-state index in [0.717, 1.165) is 12.1 Å². The van der Waals surface area contributed by atoms with Crippen LogP contribution in [-0.4, -0.2) is 20.3 Å². The monoisotopic (exact) mass is 342 g/mol. The van der Waals surface area contributed by atoms with Gasteiger partial charge in [0.15, 0.2) is 0 Å². The zero-order valence-electron chi connectivity index (χ0n) is 12.2. The first-order valence-electron chi connectivity index (χ1n) is 6.39. The van der Waals surface area contributed by atoms with E-state index in [9.17, 15) is 13.6 Å². The third-order valence-corrected chi connectivity index (χ3v) is 3.20. The highest BCUT2D eigenvalue weighted by atomic mass is 35.5. The topological polar surface area (TPSA) is 59.6 Å². The van der Waals surface area contributed by atoms with E-state index in [1.54, 1.807) is 0 Å². The molecule has 0 aliphatic heterocycles. The summed E-state index contributed by atoms with van der Waals surface area (Å²) < 4.78 is 36.5. The van der Waals surface area contributed by atoms with Gasteiger partial charge in [0.1, 0.15) is 23.1 Å². The number of rotatable bonds is 4. The molecule has 0 spiro atoms. The maximum Gasteiger partial charge on any atom is 0.323 e. The highest BCUT2D eigenvalue weighted by Gasteiger charge is 2.14. The van der Waals surface area contributed by atoms with Gasteiger partial charge < -0.3 is 20.1 Å². The van der Waals surface area contributed by atoms with Crippen LogP contribution < -0.4 is 20.1 Å². The molecular formula is C15H13ClF2N2O3. The molecule has 2 aromatic carbocycles. The second-order valence-electron chi connectivity index (χ2n) is 4.39. The molecule has 0 aliphatic carbocycles. The van der Waals surface area contributed by atoms with Crippen molar-refractivity contribution in [3.05, 3.63) is 47.0 Å². The van der Waals surface area contributed by atoms with Crippen LogP contribution in [0.4, 0.5) is 25.0 Å². The van der Waals surface area contributed by atoms with Crippen molar-refractivity contribution in [2.75, 3.05) is 24.9 Å². The molecule has 8 heteroatoms. The first-order chi connectivity index (χ1) is 10.9. The quantitative estimate of drug-likeness (QED) is 0.872. The van der Waals surface area contributed by atoms with Gasteiger partial charge in [0.25, 0.3) is 0 Å². The highest BCUT2D eigenvalue weighted by Crippen LogP contribution is 2.35. The van der Waals surface area contributed by atoms with E-state index in [1.165, 1.54) is 26.4 Å². The van der Waals surface area contributed by atoms with E-state index in [1.807, 2.05) is 0 Å². The highest BCUT2D eigenvalue weighted by molar-refractivity contribution is 6.32. The van der Waals surface area contributed by atoms with Crippen molar-refractivity contribution in [2.24, 2.45) is 0 Å². The minimum atomic E-state index is -0.889. The van der Waals surface area contributed by atoms with Gasteiger partial charge in [-0.3, -0.25) is 0 Å². The van der Waals surface area contributed by atoms with Crippen molar-refractivity contribution < 1.29 is 23.0 Å². The van der Waals surface area contributed by atoms with Crippen LogP contribution in [0.3, 0.4) is 0 Å². The smallest absolute Gasteiger partial charge is 0.323 e. The molecule has 0 saturated heterocycles. The van der Waals surface area contributed by atoms with Crippen LogP contribution in [0.15, 0.2) is 30.3 Å². The zero-order chi connectivity index (χ0) is 17.0. The minimum Gasteiger partial charge on any atom is -0.495 e. The van der Waals surface area contributed by atoms with Gasteiger partial charge in [-0.1, -0.05) is 11.6 Å². The average Bonchev–Trinajstić information content (AvgIpc) is 2.50. The lowest BCUT2D eigenvalue weighted by Crippen LogP contribution is -2.20. The molecule has 0 aliphatic rings. The molecular weight excluding hydrogens is 330 g/mol. The number of halogens is 3. The van der Waals surface area contributed by atoms with E-state index in [0.29, 0.717) is 17.6 Å². The number of urea groups is 1. The number of hydrogen-bond acceptors (Lipinski definition) is 3. The number of carbonyl (C=O) groups excluding carboxylic acids is 1. The largest absolute Gasteiger partial charge is 0.495 e. The fourth-order valence-electron chi connectivity index (χ4n) is 1.82. The summed E-state index contributed by atoms with van der Waals surface area (Å²) in [6.45, 7) is 0. The molecule has 0 fully saturated rings. The molecule has 5 nitrogen and oxygen atoms in total. The van der Waals surface area contributed by atoms with Gasteiger partial charge in [-0.05, 0) is 18.2 Å². The van der Waals surface area contributed by atoms with Crippen LogP contribution in [0.25, 0.3) is 0 Å². The van der Waals surface area contributed by atoms with E-state index in [4.69, 9.17) is 21.1 Å². The Morgan fingerprint density at radius 1 is 1.00 bits per heavy atom. The van der Waals surface area contributed by atoms with Crippen molar-refractivity contribution in [2.45, 2.75) is 0 Å². The number of benzene rings is 2. The predicted molar refractivity (Wildman–Crippen MR) is 83.6 cm³/mol. The molecule has 0 bridgehead atoms. The van der Waals surface area contributed by atoms with Crippen LogP contribution in [0.1, 0.15) is 0 Å².